The molecule has 1 rings (SSSR count). The van der Waals surface area contributed by atoms with E-state index in [1.54, 1.807) is 17.5 Å². The van der Waals surface area contributed by atoms with Crippen molar-refractivity contribution in [1.29, 1.82) is 5.26 Å². The van der Waals surface area contributed by atoms with E-state index in [0.717, 1.165) is 4.88 Å². The van der Waals surface area contributed by atoms with Crippen molar-refractivity contribution in [2.45, 2.75) is 26.7 Å². The predicted octanol–water partition coefficient (Wildman–Crippen LogP) is 3.38. The van der Waals surface area contributed by atoms with Gasteiger partial charge >= 0.3 is 0 Å². The molecule has 0 aliphatic carbocycles. The van der Waals surface area contributed by atoms with E-state index in [9.17, 15) is 9.90 Å². The van der Waals surface area contributed by atoms with Crippen molar-refractivity contribution in [1.82, 2.24) is 0 Å². The monoisotopic (exact) mass is 235 g/mol. The number of hydrogen-bond donors (Lipinski definition) is 1. The van der Waals surface area contributed by atoms with Crippen molar-refractivity contribution in [3.8, 4) is 6.07 Å². The van der Waals surface area contributed by atoms with Crippen molar-refractivity contribution in [3.05, 3.63) is 33.2 Å². The molecule has 4 heteroatoms. The smallest absolute Gasteiger partial charge is 0.207 e. The fourth-order valence-corrected chi connectivity index (χ4v) is 2.00. The van der Waals surface area contributed by atoms with E-state index in [4.69, 9.17) is 5.26 Å². The highest BCUT2D eigenvalue weighted by atomic mass is 32.1. The van der Waals surface area contributed by atoms with E-state index in [-0.39, 0.29) is 11.3 Å². The number of nitriles is 1. The average molecular weight is 235 g/mol. The van der Waals surface area contributed by atoms with Crippen LogP contribution in [0, 0.1) is 18.3 Å². The van der Waals surface area contributed by atoms with Crippen LogP contribution in [0.2, 0.25) is 0 Å². The van der Waals surface area contributed by atoms with Crippen LogP contribution in [0.3, 0.4) is 0 Å². The molecule has 0 spiro atoms. The molecule has 3 nitrogen and oxygen atoms in total. The van der Waals surface area contributed by atoms with E-state index in [2.05, 4.69) is 0 Å². The summed E-state index contributed by atoms with van der Waals surface area (Å²) in [7, 11) is 0. The van der Waals surface area contributed by atoms with Gasteiger partial charge in [0, 0.05) is 22.2 Å². The molecule has 1 N–H and O–H groups in total. The number of aliphatic hydroxyl groups is 1. The van der Waals surface area contributed by atoms with Crippen molar-refractivity contribution < 1.29 is 9.90 Å². The molecule has 1 heterocycles. The van der Waals surface area contributed by atoms with Crippen LogP contribution in [-0.2, 0) is 0 Å². The third-order valence-corrected chi connectivity index (χ3v) is 2.97. The molecule has 0 bridgehead atoms. The van der Waals surface area contributed by atoms with Crippen LogP contribution in [0.4, 0.5) is 0 Å². The molecule has 0 saturated heterocycles. The number of hydrogen-bond acceptors (Lipinski definition) is 4. The van der Waals surface area contributed by atoms with Crippen LogP contribution < -0.4 is 0 Å². The Morgan fingerprint density at radius 2 is 2.31 bits per heavy atom. The number of thiophene rings is 1. The van der Waals surface area contributed by atoms with Gasteiger partial charge in [0.05, 0.1) is 0 Å². The lowest BCUT2D eigenvalue weighted by Crippen LogP contribution is -2.04. The highest BCUT2D eigenvalue weighted by Gasteiger charge is 2.17. The number of carbonyl (C=O) groups excluding carboxylic acids is 1. The summed E-state index contributed by atoms with van der Waals surface area (Å²) in [6, 6.07) is 3.50. The first-order chi connectivity index (χ1) is 7.60. The number of rotatable bonds is 4. The molecule has 0 atom stereocenters. The first-order valence-electron chi connectivity index (χ1n) is 5.02. The van der Waals surface area contributed by atoms with Crippen LogP contribution in [-0.4, -0.2) is 10.9 Å². The Kier molecular flexibility index (Phi) is 4.27. The molecule has 0 unspecified atom stereocenters. The zero-order valence-corrected chi connectivity index (χ0v) is 10.1. The molecular formula is C12H13NO2S. The van der Waals surface area contributed by atoms with Crippen molar-refractivity contribution in [2.24, 2.45) is 0 Å². The number of nitrogens with zero attached hydrogens (tertiary/aromatic N) is 1. The van der Waals surface area contributed by atoms with Gasteiger partial charge in [0.15, 0.2) is 0 Å². The highest BCUT2D eigenvalue weighted by Crippen LogP contribution is 2.19. The number of Topliss-reactive ketones (excluding diaryl/α,β-unsaturated/α-hetero) is 1. The van der Waals surface area contributed by atoms with Gasteiger partial charge in [-0.15, -0.1) is 11.3 Å². The molecule has 0 radical (unpaired) electrons. The van der Waals surface area contributed by atoms with E-state index in [1.165, 1.54) is 11.3 Å². The fraction of sp³-hybridized carbons (Fsp3) is 0.333. The first kappa shape index (κ1) is 12.5. The Bertz CT molecular complexity index is 466. The minimum Gasteiger partial charge on any atom is -0.511 e. The second-order valence-corrected chi connectivity index (χ2v) is 4.57. The molecule has 16 heavy (non-hydrogen) atoms. The predicted molar refractivity (Wildman–Crippen MR) is 63.6 cm³/mol. The van der Waals surface area contributed by atoms with Gasteiger partial charge in [0.25, 0.3) is 0 Å². The number of aliphatic hydroxyl groups excluding tert-OH is 1. The van der Waals surface area contributed by atoms with E-state index in [1.807, 2.05) is 13.8 Å². The number of ketones is 1. The van der Waals surface area contributed by atoms with Gasteiger partial charge in [-0.25, -0.2) is 0 Å². The topological polar surface area (TPSA) is 61.1 Å². The summed E-state index contributed by atoms with van der Waals surface area (Å²) in [5.74, 6) is -0.503. The van der Waals surface area contributed by atoms with E-state index >= 15 is 0 Å². The number of aryl methyl sites for hydroxylation is 1. The molecular weight excluding hydrogens is 222 g/mol. The Morgan fingerprint density at radius 3 is 2.75 bits per heavy atom. The maximum Gasteiger partial charge on any atom is 0.207 e. The van der Waals surface area contributed by atoms with Gasteiger partial charge in [-0.3, -0.25) is 4.79 Å². The highest BCUT2D eigenvalue weighted by molar-refractivity contribution is 7.10. The molecule has 0 fully saturated rings. The van der Waals surface area contributed by atoms with Crippen LogP contribution >= 0.6 is 11.3 Å². The Balaban J connectivity index is 3.04. The molecule has 1 aromatic heterocycles. The van der Waals surface area contributed by atoms with Gasteiger partial charge in [-0.1, -0.05) is 6.92 Å². The number of allylic oxidation sites excluding steroid dienone is 2. The third kappa shape index (κ3) is 2.71. The summed E-state index contributed by atoms with van der Waals surface area (Å²) in [4.78, 5) is 12.9. The standard InChI is InChI=1S/C12H13NO2S/c1-3-4-11(14)10(6-13)12(15)9-5-8(2)16-7-9/h5,7,14H,3-4H2,1-2H3. The molecule has 1 aromatic rings. The van der Waals surface area contributed by atoms with Crippen molar-refractivity contribution in [2.75, 3.05) is 0 Å². The molecule has 0 saturated carbocycles. The lowest BCUT2D eigenvalue weighted by atomic mass is 10.0. The van der Waals surface area contributed by atoms with Crippen LogP contribution in [0.25, 0.3) is 0 Å². The van der Waals surface area contributed by atoms with Crippen molar-refractivity contribution in [3.63, 3.8) is 0 Å². The Hall–Kier alpha value is -1.60. The Labute approximate surface area is 98.7 Å². The fourth-order valence-electron chi connectivity index (χ4n) is 1.32. The molecule has 0 aliphatic rings. The van der Waals surface area contributed by atoms with Crippen molar-refractivity contribution >= 4 is 17.1 Å². The average Bonchev–Trinajstić information content (AvgIpc) is 2.66. The van der Waals surface area contributed by atoms with Gasteiger partial charge in [0.1, 0.15) is 17.4 Å². The second-order valence-electron chi connectivity index (χ2n) is 3.46. The molecule has 0 aliphatic heterocycles. The lowest BCUT2D eigenvalue weighted by Gasteiger charge is -2.00. The zero-order chi connectivity index (χ0) is 12.1. The maximum atomic E-state index is 11.9. The summed E-state index contributed by atoms with van der Waals surface area (Å²) in [5, 5.41) is 20.2. The minimum atomic E-state index is -0.391. The van der Waals surface area contributed by atoms with Crippen LogP contribution in [0.5, 0.6) is 0 Å². The van der Waals surface area contributed by atoms with Crippen LogP contribution in [0.1, 0.15) is 35.0 Å². The SMILES string of the molecule is CCCC(O)=C(C#N)C(=O)c1csc(C)c1. The summed E-state index contributed by atoms with van der Waals surface area (Å²) in [6.07, 6.45) is 1.06. The van der Waals surface area contributed by atoms with E-state index < -0.39 is 5.78 Å². The lowest BCUT2D eigenvalue weighted by molar-refractivity contribution is 0.103. The van der Waals surface area contributed by atoms with Gasteiger partial charge in [0.2, 0.25) is 5.78 Å². The van der Waals surface area contributed by atoms with Gasteiger partial charge in [-0.05, 0) is 19.4 Å². The van der Waals surface area contributed by atoms with Gasteiger partial charge < -0.3 is 5.11 Å². The van der Waals surface area contributed by atoms with Gasteiger partial charge in [-0.2, -0.15) is 5.26 Å². The molecule has 84 valence electrons. The summed E-state index contributed by atoms with van der Waals surface area (Å²) >= 11 is 1.45. The largest absolute Gasteiger partial charge is 0.511 e. The van der Waals surface area contributed by atoms with Crippen LogP contribution in [0.15, 0.2) is 22.8 Å². The third-order valence-electron chi connectivity index (χ3n) is 2.11. The molecule has 0 amide bonds. The number of carbonyl (C=O) groups is 1. The molecule has 0 aromatic carbocycles. The quantitative estimate of drug-likeness (QED) is 0.376. The summed E-state index contributed by atoms with van der Waals surface area (Å²) in [5.41, 5.74) is 0.335. The normalized spacial score (nSPS) is 11.8. The summed E-state index contributed by atoms with van der Waals surface area (Å²) in [6.45, 7) is 3.77. The minimum absolute atomic E-state index is 0.112. The Morgan fingerprint density at radius 1 is 1.62 bits per heavy atom. The second kappa shape index (κ2) is 5.47. The maximum absolute atomic E-state index is 11.9. The summed E-state index contributed by atoms with van der Waals surface area (Å²) < 4.78 is 0. The zero-order valence-electron chi connectivity index (χ0n) is 9.28. The van der Waals surface area contributed by atoms with E-state index in [0.29, 0.717) is 18.4 Å². The first-order valence-corrected chi connectivity index (χ1v) is 5.90.